The van der Waals surface area contributed by atoms with Crippen LogP contribution in [0.1, 0.15) is 5.56 Å². The van der Waals surface area contributed by atoms with E-state index in [0.717, 1.165) is 5.56 Å². The van der Waals surface area contributed by atoms with Gasteiger partial charge >= 0.3 is 6.03 Å². The number of carbonyl (C=O) groups excluding carboxylic acids is 1. The summed E-state index contributed by atoms with van der Waals surface area (Å²) >= 11 is 5.77. The number of ether oxygens (including phenoxy) is 2. The monoisotopic (exact) mass is 377 g/mol. The summed E-state index contributed by atoms with van der Waals surface area (Å²) in [6.45, 7) is 1.34. The first-order chi connectivity index (χ1) is 12.4. The van der Waals surface area contributed by atoms with Gasteiger partial charge in [0, 0.05) is 25.3 Å². The molecule has 0 unspecified atom stereocenters. The number of nitrogens with zero attached hydrogens (tertiary/aromatic N) is 2. The number of urea groups is 1. The summed E-state index contributed by atoms with van der Waals surface area (Å²) in [7, 11) is 1.62. The van der Waals surface area contributed by atoms with Gasteiger partial charge in [0.05, 0.1) is 4.92 Å². The molecular formula is C17H16ClN3O5. The average molecular weight is 378 g/mol. The fourth-order valence-electron chi connectivity index (χ4n) is 2.48. The van der Waals surface area contributed by atoms with Crippen molar-refractivity contribution in [3.8, 4) is 11.5 Å². The Kier molecular flexibility index (Phi) is 5.13. The molecule has 3 rings (SSSR count). The molecule has 0 saturated carbocycles. The van der Waals surface area contributed by atoms with Crippen LogP contribution in [0.3, 0.4) is 0 Å². The number of fused-ring (bicyclic) bond motifs is 1. The van der Waals surface area contributed by atoms with Crippen LogP contribution in [-0.2, 0) is 6.54 Å². The molecule has 8 nitrogen and oxygen atoms in total. The summed E-state index contributed by atoms with van der Waals surface area (Å²) in [6.07, 6.45) is 0. The molecule has 1 aliphatic heterocycles. The molecule has 1 N–H and O–H groups in total. The summed E-state index contributed by atoms with van der Waals surface area (Å²) in [6, 6.07) is 9.17. The van der Waals surface area contributed by atoms with Gasteiger partial charge in [-0.1, -0.05) is 17.7 Å². The molecule has 26 heavy (non-hydrogen) atoms. The van der Waals surface area contributed by atoms with Gasteiger partial charge in [-0.05, 0) is 29.8 Å². The highest BCUT2D eigenvalue weighted by atomic mass is 35.5. The number of rotatable bonds is 4. The second kappa shape index (κ2) is 7.49. The molecule has 2 amide bonds. The van der Waals surface area contributed by atoms with E-state index in [1.54, 1.807) is 13.1 Å². The van der Waals surface area contributed by atoms with Crippen molar-refractivity contribution >= 4 is 29.0 Å². The first kappa shape index (κ1) is 17.8. The zero-order valence-electron chi connectivity index (χ0n) is 13.9. The van der Waals surface area contributed by atoms with Crippen molar-refractivity contribution in [1.82, 2.24) is 4.90 Å². The topological polar surface area (TPSA) is 93.9 Å². The van der Waals surface area contributed by atoms with Crippen molar-refractivity contribution in [3.05, 3.63) is 57.1 Å². The van der Waals surface area contributed by atoms with Gasteiger partial charge < -0.3 is 19.7 Å². The Hall–Kier alpha value is -3.00. The normalized spacial score (nSPS) is 12.4. The lowest BCUT2D eigenvalue weighted by Gasteiger charge is -2.21. The number of halogens is 1. The molecule has 0 radical (unpaired) electrons. The minimum atomic E-state index is -0.600. The molecule has 136 valence electrons. The highest BCUT2D eigenvalue weighted by Crippen LogP contribution is 2.31. The number of amides is 2. The number of anilines is 1. The maximum absolute atomic E-state index is 12.3. The smallest absolute Gasteiger partial charge is 0.321 e. The second-order valence-corrected chi connectivity index (χ2v) is 6.09. The fourth-order valence-corrected chi connectivity index (χ4v) is 2.67. The number of nitro groups is 1. The fraction of sp³-hybridized carbons (Fsp3) is 0.235. The van der Waals surface area contributed by atoms with Gasteiger partial charge in [-0.25, -0.2) is 4.79 Å². The molecule has 9 heteroatoms. The first-order valence-corrected chi connectivity index (χ1v) is 8.16. The molecule has 0 saturated heterocycles. The number of nitro benzene ring substituents is 1. The van der Waals surface area contributed by atoms with E-state index in [9.17, 15) is 14.9 Å². The molecule has 0 bridgehead atoms. The van der Waals surface area contributed by atoms with E-state index in [2.05, 4.69) is 5.32 Å². The van der Waals surface area contributed by atoms with Crippen molar-refractivity contribution in [1.29, 1.82) is 0 Å². The molecular weight excluding hydrogens is 362 g/mol. The van der Waals surface area contributed by atoms with Crippen LogP contribution in [0.15, 0.2) is 36.4 Å². The average Bonchev–Trinajstić information content (AvgIpc) is 2.63. The van der Waals surface area contributed by atoms with Crippen LogP contribution in [0.5, 0.6) is 11.5 Å². The second-order valence-electron chi connectivity index (χ2n) is 5.69. The highest BCUT2D eigenvalue weighted by molar-refractivity contribution is 6.32. The number of hydrogen-bond donors (Lipinski definition) is 1. The zero-order valence-corrected chi connectivity index (χ0v) is 14.7. The van der Waals surface area contributed by atoms with E-state index < -0.39 is 11.0 Å². The number of nitrogens with one attached hydrogen (secondary N) is 1. The van der Waals surface area contributed by atoms with Gasteiger partial charge in [-0.3, -0.25) is 10.1 Å². The third-order valence-electron chi connectivity index (χ3n) is 3.77. The predicted octanol–water partition coefficient (Wildman–Crippen LogP) is 3.68. The van der Waals surface area contributed by atoms with Crippen LogP contribution >= 0.6 is 11.6 Å². The standard InChI is InChI=1S/C17H16ClN3O5/c1-20(10-11-2-5-15-16(8-11)26-7-6-25-15)17(22)19-12-3-4-13(18)14(9-12)21(23)24/h2-5,8-9H,6-7,10H2,1H3,(H,19,22). The van der Waals surface area contributed by atoms with Crippen molar-refractivity contribution in [3.63, 3.8) is 0 Å². The Labute approximate surface area is 154 Å². The van der Waals surface area contributed by atoms with Gasteiger partial charge in [0.1, 0.15) is 18.2 Å². The van der Waals surface area contributed by atoms with Crippen LogP contribution in [0, 0.1) is 10.1 Å². The largest absolute Gasteiger partial charge is 0.486 e. The summed E-state index contributed by atoms with van der Waals surface area (Å²) in [5.41, 5.74) is 0.896. The van der Waals surface area contributed by atoms with Gasteiger partial charge in [0.15, 0.2) is 11.5 Å². The Morgan fingerprint density at radius 1 is 1.23 bits per heavy atom. The number of hydrogen-bond acceptors (Lipinski definition) is 5. The maximum atomic E-state index is 12.3. The summed E-state index contributed by atoms with van der Waals surface area (Å²) in [5, 5.41) is 13.6. The van der Waals surface area contributed by atoms with E-state index in [1.165, 1.54) is 23.1 Å². The van der Waals surface area contributed by atoms with Crippen molar-refractivity contribution in [2.45, 2.75) is 6.54 Å². The van der Waals surface area contributed by atoms with Crippen LogP contribution in [0.4, 0.5) is 16.2 Å². The lowest BCUT2D eigenvalue weighted by atomic mass is 10.2. The van der Waals surface area contributed by atoms with E-state index in [-0.39, 0.29) is 10.7 Å². The van der Waals surface area contributed by atoms with Gasteiger partial charge in [0.2, 0.25) is 0 Å². The third kappa shape index (κ3) is 3.97. The van der Waals surface area contributed by atoms with E-state index in [4.69, 9.17) is 21.1 Å². The molecule has 0 spiro atoms. The van der Waals surface area contributed by atoms with Gasteiger partial charge in [-0.2, -0.15) is 0 Å². The molecule has 1 heterocycles. The van der Waals surface area contributed by atoms with E-state index >= 15 is 0 Å². The van der Waals surface area contributed by atoms with Gasteiger partial charge in [0.25, 0.3) is 5.69 Å². The summed E-state index contributed by atoms with van der Waals surface area (Å²) < 4.78 is 11.0. The molecule has 0 atom stereocenters. The number of carbonyl (C=O) groups is 1. The van der Waals surface area contributed by atoms with Crippen molar-refractivity contribution in [2.24, 2.45) is 0 Å². The quantitative estimate of drug-likeness (QED) is 0.647. The van der Waals surface area contributed by atoms with Crippen LogP contribution < -0.4 is 14.8 Å². The molecule has 0 aromatic heterocycles. The molecule has 1 aliphatic rings. The van der Waals surface area contributed by atoms with Crippen LogP contribution in [-0.4, -0.2) is 36.1 Å². The van der Waals surface area contributed by atoms with Crippen molar-refractivity contribution in [2.75, 3.05) is 25.6 Å². The Bertz CT molecular complexity index is 858. The van der Waals surface area contributed by atoms with E-state index in [1.807, 2.05) is 12.1 Å². The predicted molar refractivity (Wildman–Crippen MR) is 96.0 cm³/mol. The summed E-state index contributed by atoms with van der Waals surface area (Å²) in [5.74, 6) is 1.33. The Morgan fingerprint density at radius 3 is 2.69 bits per heavy atom. The summed E-state index contributed by atoms with van der Waals surface area (Å²) in [4.78, 5) is 24.1. The lowest BCUT2D eigenvalue weighted by Crippen LogP contribution is -2.30. The minimum Gasteiger partial charge on any atom is -0.486 e. The first-order valence-electron chi connectivity index (χ1n) is 7.78. The van der Waals surface area contributed by atoms with Crippen LogP contribution in [0.25, 0.3) is 0 Å². The zero-order chi connectivity index (χ0) is 18.7. The molecule has 0 fully saturated rings. The molecule has 0 aliphatic carbocycles. The Morgan fingerprint density at radius 2 is 1.96 bits per heavy atom. The molecule has 2 aromatic rings. The third-order valence-corrected chi connectivity index (χ3v) is 4.09. The van der Waals surface area contributed by atoms with Crippen LogP contribution in [0.2, 0.25) is 5.02 Å². The SMILES string of the molecule is CN(Cc1ccc2c(c1)OCCO2)C(=O)Nc1ccc(Cl)c([N+](=O)[O-])c1. The minimum absolute atomic E-state index is 0.0117. The molecule has 2 aromatic carbocycles. The maximum Gasteiger partial charge on any atom is 0.321 e. The van der Waals surface area contributed by atoms with Crippen molar-refractivity contribution < 1.29 is 19.2 Å². The lowest BCUT2D eigenvalue weighted by molar-refractivity contribution is -0.384. The Balaban J connectivity index is 1.67. The van der Waals surface area contributed by atoms with Gasteiger partial charge in [-0.15, -0.1) is 0 Å². The van der Waals surface area contributed by atoms with E-state index in [0.29, 0.717) is 36.9 Å². The highest BCUT2D eigenvalue weighted by Gasteiger charge is 2.17. The number of benzene rings is 2.